The molecule has 0 unspecified atom stereocenters. The summed E-state index contributed by atoms with van der Waals surface area (Å²) >= 11 is 0. The summed E-state index contributed by atoms with van der Waals surface area (Å²) in [5, 5.41) is 0. The lowest BCUT2D eigenvalue weighted by atomic mass is 10.1. The molecule has 0 saturated carbocycles. The molecule has 0 fully saturated rings. The molecule has 0 bridgehead atoms. The van der Waals surface area contributed by atoms with Gasteiger partial charge >= 0.3 is 11.9 Å². The van der Waals surface area contributed by atoms with Crippen LogP contribution in [0, 0.1) is 0 Å². The largest absolute Gasteiger partial charge is 0.461 e. The molecule has 0 heterocycles. The van der Waals surface area contributed by atoms with E-state index in [4.69, 9.17) is 9.47 Å². The van der Waals surface area contributed by atoms with Gasteiger partial charge in [0, 0.05) is 12.8 Å². The molecule has 5 nitrogen and oxygen atoms in total. The lowest BCUT2D eigenvalue weighted by Gasteiger charge is -2.28. The first-order chi connectivity index (χ1) is 22.8. The molecule has 0 aromatic heterocycles. The Kier molecular flexibility index (Phi) is 37.5. The van der Waals surface area contributed by atoms with Crippen molar-refractivity contribution in [2.24, 2.45) is 0 Å². The fourth-order valence-corrected chi connectivity index (χ4v) is 5.92. The van der Waals surface area contributed by atoms with E-state index in [0.717, 1.165) is 38.5 Å². The molecule has 1 atom stereocenters. The van der Waals surface area contributed by atoms with Gasteiger partial charge < -0.3 is 14.0 Å². The number of nitrogens with zero attached hydrogens (tertiary/aromatic N) is 1. The molecule has 0 aliphatic carbocycles. The number of likely N-dealkylation sites (N-methyl/N-ethyl adjacent to an activating group) is 1. The second-order valence-electron chi connectivity index (χ2n) is 14.9. The molecule has 0 radical (unpaired) electrons. The molecule has 6 heteroatoms. The highest BCUT2D eigenvalue weighted by Crippen LogP contribution is 2.13. The molecule has 0 saturated heterocycles. The van der Waals surface area contributed by atoms with Crippen LogP contribution in [-0.2, 0) is 19.1 Å². The number of carbonyl (C=O) groups excluding carboxylic acids is 2. The van der Waals surface area contributed by atoms with E-state index < -0.39 is 6.10 Å². The fraction of sp³-hybridized carbons (Fsp3) is 0.857. The topological polar surface area (TPSA) is 52.6 Å². The van der Waals surface area contributed by atoms with Gasteiger partial charge in [0.05, 0.1) is 21.1 Å². The molecule has 48 heavy (non-hydrogen) atoms. The van der Waals surface area contributed by atoms with Gasteiger partial charge in [-0.15, -0.1) is 12.4 Å². The molecule has 0 N–H and O–H groups in total. The zero-order valence-corrected chi connectivity index (χ0v) is 33.4. The molecule has 0 amide bonds. The molecular weight excluding hydrogens is 618 g/mol. The quantitative estimate of drug-likeness (QED) is 0.0286. The van der Waals surface area contributed by atoms with E-state index in [2.05, 4.69) is 59.3 Å². The maximum Gasteiger partial charge on any atom is 0.306 e. The number of hydrogen-bond donors (Lipinski definition) is 0. The Hall–Kier alpha value is -1.33. The molecule has 284 valence electrons. The second-order valence-corrected chi connectivity index (χ2v) is 14.9. The predicted octanol–water partition coefficient (Wildman–Crippen LogP) is 12.6. The van der Waals surface area contributed by atoms with Gasteiger partial charge in [-0.3, -0.25) is 9.59 Å². The Morgan fingerprint density at radius 1 is 0.500 bits per heavy atom. The molecule has 0 aliphatic heterocycles. The van der Waals surface area contributed by atoms with Crippen LogP contribution in [0.25, 0.3) is 0 Å². The van der Waals surface area contributed by atoms with Crippen LogP contribution in [0.4, 0.5) is 0 Å². The third-order valence-electron chi connectivity index (χ3n) is 8.77. The van der Waals surface area contributed by atoms with Crippen LogP contribution in [-0.4, -0.2) is 56.8 Å². The Labute approximate surface area is 305 Å². The number of esters is 2. The first-order valence-electron chi connectivity index (χ1n) is 20.2. The summed E-state index contributed by atoms with van der Waals surface area (Å²) in [5.74, 6) is -0.350. The standard InChI is InChI=1S/C42H80NO4.ClH/c1-6-8-10-12-14-16-18-20-22-24-26-28-30-32-34-36-41(44)46-39-40(38-43(3,4)5)47-42(45)37-35-33-31-29-27-25-23-21-19-17-15-13-11-9-7-2;/h20-23,40H,6-19,24-39H2,1-5H3;1H/q+1;/b22-20-,23-21-;/t40-;/m0./s1. The molecule has 0 rings (SSSR count). The summed E-state index contributed by atoms with van der Waals surface area (Å²) in [6, 6.07) is 0. The molecule has 0 aliphatic rings. The first-order valence-corrected chi connectivity index (χ1v) is 20.2. The van der Waals surface area contributed by atoms with Crippen molar-refractivity contribution in [3.05, 3.63) is 24.3 Å². The average molecular weight is 700 g/mol. The molecule has 0 spiro atoms. The van der Waals surface area contributed by atoms with E-state index in [0.29, 0.717) is 23.9 Å². The van der Waals surface area contributed by atoms with Crippen molar-refractivity contribution in [2.45, 2.75) is 200 Å². The SMILES string of the molecule is CCCCCCCC/C=C\CCCCCCCC(=O)OC[C@H](C[N+](C)(C)C)OC(=O)CCCCCCC/C=C\CCCCCCCC.Cl. The van der Waals surface area contributed by atoms with Crippen LogP contribution >= 0.6 is 12.4 Å². The minimum Gasteiger partial charge on any atom is -0.461 e. The summed E-state index contributed by atoms with van der Waals surface area (Å²) < 4.78 is 12.0. The van der Waals surface area contributed by atoms with Crippen LogP contribution in [0.3, 0.4) is 0 Å². The number of halogens is 1. The predicted molar refractivity (Wildman–Crippen MR) is 210 cm³/mol. The highest BCUT2D eigenvalue weighted by atomic mass is 35.5. The minimum absolute atomic E-state index is 0. The number of unbranched alkanes of at least 4 members (excludes halogenated alkanes) is 22. The van der Waals surface area contributed by atoms with E-state index in [1.165, 1.54) is 128 Å². The van der Waals surface area contributed by atoms with Crippen molar-refractivity contribution in [2.75, 3.05) is 34.3 Å². The highest BCUT2D eigenvalue weighted by molar-refractivity contribution is 5.85. The van der Waals surface area contributed by atoms with Gasteiger partial charge in [-0.25, -0.2) is 0 Å². The third kappa shape index (κ3) is 39.1. The lowest BCUT2D eigenvalue weighted by Crippen LogP contribution is -2.45. The second kappa shape index (κ2) is 36.9. The molecule has 0 aromatic rings. The lowest BCUT2D eigenvalue weighted by molar-refractivity contribution is -0.873. The van der Waals surface area contributed by atoms with Gasteiger partial charge in [0.15, 0.2) is 6.10 Å². The Bertz CT molecular complexity index is 761. The van der Waals surface area contributed by atoms with Gasteiger partial charge in [-0.2, -0.15) is 0 Å². The third-order valence-corrected chi connectivity index (χ3v) is 8.77. The normalized spacial score (nSPS) is 12.4. The number of ether oxygens (including phenoxy) is 2. The van der Waals surface area contributed by atoms with Crippen molar-refractivity contribution in [3.8, 4) is 0 Å². The maximum absolute atomic E-state index is 12.6. The number of rotatable bonds is 35. The van der Waals surface area contributed by atoms with Crippen LogP contribution in [0.1, 0.15) is 194 Å². The van der Waals surface area contributed by atoms with Crippen molar-refractivity contribution < 1.29 is 23.5 Å². The minimum atomic E-state index is -0.399. The number of carbonyl (C=O) groups is 2. The van der Waals surface area contributed by atoms with Crippen LogP contribution < -0.4 is 0 Å². The number of quaternary nitrogens is 1. The van der Waals surface area contributed by atoms with Crippen molar-refractivity contribution in [1.82, 2.24) is 0 Å². The average Bonchev–Trinajstić information content (AvgIpc) is 3.03. The smallest absolute Gasteiger partial charge is 0.306 e. The summed E-state index contributed by atoms with van der Waals surface area (Å²) in [6.07, 6.45) is 42.1. The van der Waals surface area contributed by atoms with Crippen LogP contribution in [0.15, 0.2) is 24.3 Å². The van der Waals surface area contributed by atoms with E-state index in [-0.39, 0.29) is 31.0 Å². The van der Waals surface area contributed by atoms with E-state index in [1.54, 1.807) is 0 Å². The highest BCUT2D eigenvalue weighted by Gasteiger charge is 2.23. The summed E-state index contributed by atoms with van der Waals surface area (Å²) in [5.41, 5.74) is 0. The van der Waals surface area contributed by atoms with Gasteiger partial charge in [-0.1, -0.05) is 141 Å². The monoisotopic (exact) mass is 699 g/mol. The van der Waals surface area contributed by atoms with Gasteiger partial charge in [-0.05, 0) is 64.2 Å². The van der Waals surface area contributed by atoms with E-state index in [1.807, 2.05) is 0 Å². The van der Waals surface area contributed by atoms with Gasteiger partial charge in [0.1, 0.15) is 13.2 Å². The number of allylic oxidation sites excluding steroid dienone is 4. The fourth-order valence-electron chi connectivity index (χ4n) is 5.92. The summed E-state index contributed by atoms with van der Waals surface area (Å²) in [7, 11) is 6.20. The maximum atomic E-state index is 12.6. The Balaban J connectivity index is 0. The molecular formula is C42H81ClNO4+. The number of hydrogen-bond acceptors (Lipinski definition) is 4. The van der Waals surface area contributed by atoms with Gasteiger partial charge in [0.2, 0.25) is 0 Å². The van der Waals surface area contributed by atoms with Crippen molar-refractivity contribution in [1.29, 1.82) is 0 Å². The molecule has 0 aromatic carbocycles. The zero-order chi connectivity index (χ0) is 34.7. The Morgan fingerprint density at radius 3 is 1.21 bits per heavy atom. The summed E-state index contributed by atoms with van der Waals surface area (Å²) in [4.78, 5) is 24.9. The van der Waals surface area contributed by atoms with E-state index >= 15 is 0 Å². The van der Waals surface area contributed by atoms with Crippen molar-refractivity contribution in [3.63, 3.8) is 0 Å². The van der Waals surface area contributed by atoms with Crippen molar-refractivity contribution >= 4 is 24.3 Å². The van der Waals surface area contributed by atoms with Crippen LogP contribution in [0.5, 0.6) is 0 Å². The zero-order valence-electron chi connectivity index (χ0n) is 32.6. The van der Waals surface area contributed by atoms with E-state index in [9.17, 15) is 9.59 Å². The first kappa shape index (κ1) is 48.8. The van der Waals surface area contributed by atoms with Crippen LogP contribution in [0.2, 0.25) is 0 Å². The summed E-state index contributed by atoms with van der Waals surface area (Å²) in [6.45, 7) is 5.31. The van der Waals surface area contributed by atoms with Gasteiger partial charge in [0.25, 0.3) is 0 Å². The Morgan fingerprint density at radius 2 is 0.833 bits per heavy atom.